The number of nitrogens with one attached hydrogen (secondary N) is 2. The number of rotatable bonds is 6. The fourth-order valence-electron chi connectivity index (χ4n) is 4.28. The van der Waals surface area contributed by atoms with Crippen LogP contribution < -0.4 is 10.6 Å². The van der Waals surface area contributed by atoms with Gasteiger partial charge < -0.3 is 20.3 Å². The molecule has 0 spiro atoms. The molecule has 206 valence electrons. The molecule has 2 aliphatic heterocycles. The Kier molecular flexibility index (Phi) is 8.23. The average Bonchev–Trinajstić information content (AvgIpc) is 3.41. The highest BCUT2D eigenvalue weighted by atomic mass is 32.2. The summed E-state index contributed by atoms with van der Waals surface area (Å²) in [6.07, 6.45) is -3.15. The summed E-state index contributed by atoms with van der Waals surface area (Å²) in [5.41, 5.74) is -0.776. The molecular weight excluding hydrogens is 532 g/mol. The smallest absolute Gasteiger partial charge is 0.376 e. The molecule has 2 aliphatic rings. The number of carbonyl (C=O) groups excluding carboxylic acids is 2. The van der Waals surface area contributed by atoms with E-state index in [-0.39, 0.29) is 42.9 Å². The first-order valence-corrected chi connectivity index (χ1v) is 13.3. The monoisotopic (exact) mass is 558 g/mol. The number of nitrogens with zero attached hydrogens (tertiary/aromatic N) is 2. The third-order valence-corrected chi connectivity index (χ3v) is 8.26. The van der Waals surface area contributed by atoms with Crippen LogP contribution in [-0.4, -0.2) is 74.5 Å². The van der Waals surface area contributed by atoms with E-state index in [1.54, 1.807) is 0 Å². The van der Waals surface area contributed by atoms with Gasteiger partial charge in [-0.3, -0.25) is 4.79 Å². The van der Waals surface area contributed by atoms with Crippen LogP contribution in [0, 0.1) is 5.82 Å². The van der Waals surface area contributed by atoms with Gasteiger partial charge in [0.2, 0.25) is 15.9 Å². The second kappa shape index (κ2) is 11.3. The van der Waals surface area contributed by atoms with Crippen LogP contribution in [0.4, 0.5) is 28.0 Å². The lowest BCUT2D eigenvalue weighted by Gasteiger charge is -2.39. The number of anilines is 1. The van der Waals surface area contributed by atoms with Crippen LogP contribution in [0.5, 0.6) is 0 Å². The van der Waals surface area contributed by atoms with Gasteiger partial charge in [-0.2, -0.15) is 17.5 Å². The van der Waals surface area contributed by atoms with E-state index < -0.39 is 45.6 Å². The molecule has 2 N–H and O–H groups in total. The third-order valence-electron chi connectivity index (χ3n) is 6.33. The Morgan fingerprint density at radius 3 is 2.32 bits per heavy atom. The maximum Gasteiger partial charge on any atom is 0.416 e. The van der Waals surface area contributed by atoms with Crippen LogP contribution in [0.3, 0.4) is 0 Å². The molecule has 0 saturated carbocycles. The molecular formula is C24H26F4N4O5S. The molecule has 2 aromatic rings. The van der Waals surface area contributed by atoms with Crippen molar-refractivity contribution in [3.8, 4) is 0 Å². The summed E-state index contributed by atoms with van der Waals surface area (Å²) in [6.45, 7) is 0.0786. The van der Waals surface area contributed by atoms with Crippen molar-refractivity contribution in [1.29, 1.82) is 0 Å². The van der Waals surface area contributed by atoms with Gasteiger partial charge in [-0.1, -0.05) is 0 Å². The van der Waals surface area contributed by atoms with Gasteiger partial charge in [-0.05, 0) is 61.4 Å². The van der Waals surface area contributed by atoms with E-state index in [4.69, 9.17) is 4.74 Å². The predicted molar refractivity (Wildman–Crippen MR) is 128 cm³/mol. The fourth-order valence-corrected chi connectivity index (χ4v) is 5.85. The first kappa shape index (κ1) is 27.8. The van der Waals surface area contributed by atoms with Crippen molar-refractivity contribution >= 4 is 27.6 Å². The molecule has 4 rings (SSSR count). The van der Waals surface area contributed by atoms with E-state index in [1.807, 2.05) is 0 Å². The standard InChI is InChI=1S/C24H26F4N4O5S/c25-17-5-9-20(10-6-17)38(35,36)32-12-11-31(15-21(32)22(33)29-14-19-2-1-13-37-19)23(34)30-18-7-3-16(4-8-18)24(26,27)28/h3-10,19,21H,1-2,11-15H2,(H,29,33)(H,30,34). The molecule has 2 unspecified atom stereocenters. The molecule has 2 heterocycles. The molecule has 2 aromatic carbocycles. The maximum absolute atomic E-state index is 13.4. The van der Waals surface area contributed by atoms with Crippen LogP contribution in [0.25, 0.3) is 0 Å². The van der Waals surface area contributed by atoms with Crippen LogP contribution in [0.15, 0.2) is 53.4 Å². The van der Waals surface area contributed by atoms with Crippen molar-refractivity contribution in [2.45, 2.75) is 36.1 Å². The minimum absolute atomic E-state index is 0.0948. The van der Waals surface area contributed by atoms with E-state index in [0.29, 0.717) is 6.61 Å². The zero-order chi connectivity index (χ0) is 27.5. The molecule has 0 radical (unpaired) electrons. The quantitative estimate of drug-likeness (QED) is 0.530. The van der Waals surface area contributed by atoms with Crippen LogP contribution in [0.2, 0.25) is 0 Å². The van der Waals surface area contributed by atoms with Crippen LogP contribution >= 0.6 is 0 Å². The summed E-state index contributed by atoms with van der Waals surface area (Å²) in [7, 11) is -4.23. The number of carbonyl (C=O) groups is 2. The maximum atomic E-state index is 13.4. The Hall–Kier alpha value is -3.23. The Morgan fingerprint density at radius 1 is 1.03 bits per heavy atom. The van der Waals surface area contributed by atoms with Gasteiger partial charge in [-0.15, -0.1) is 0 Å². The van der Waals surface area contributed by atoms with Gasteiger partial charge in [0.05, 0.1) is 16.6 Å². The van der Waals surface area contributed by atoms with Gasteiger partial charge >= 0.3 is 12.2 Å². The second-order valence-corrected chi connectivity index (χ2v) is 10.8. The van der Waals surface area contributed by atoms with E-state index in [0.717, 1.165) is 65.7 Å². The van der Waals surface area contributed by atoms with Gasteiger partial charge in [0.15, 0.2) is 0 Å². The normalized spacial score (nSPS) is 20.8. The van der Waals surface area contributed by atoms with Gasteiger partial charge in [-0.25, -0.2) is 17.6 Å². The molecule has 14 heteroatoms. The van der Waals surface area contributed by atoms with E-state index in [2.05, 4.69) is 10.6 Å². The van der Waals surface area contributed by atoms with Crippen molar-refractivity contribution in [1.82, 2.24) is 14.5 Å². The first-order valence-electron chi connectivity index (χ1n) is 11.8. The number of hydrogen-bond acceptors (Lipinski definition) is 5. The summed E-state index contributed by atoms with van der Waals surface area (Å²) in [6, 6.07) is 6.00. The van der Waals surface area contributed by atoms with E-state index >= 15 is 0 Å². The number of amides is 3. The molecule has 2 saturated heterocycles. The summed E-state index contributed by atoms with van der Waals surface area (Å²) in [5.74, 6) is -1.27. The predicted octanol–water partition coefficient (Wildman–Crippen LogP) is 3.05. The number of sulfonamides is 1. The molecule has 2 fully saturated rings. The Morgan fingerprint density at radius 2 is 1.71 bits per heavy atom. The lowest BCUT2D eigenvalue weighted by molar-refractivity contribution is -0.137. The summed E-state index contributed by atoms with van der Waals surface area (Å²) in [5, 5.41) is 5.17. The molecule has 0 bridgehead atoms. The van der Waals surface area contributed by atoms with Gasteiger partial charge in [0, 0.05) is 38.5 Å². The minimum Gasteiger partial charge on any atom is -0.376 e. The second-order valence-electron chi connectivity index (χ2n) is 8.92. The molecule has 3 amide bonds. The van der Waals surface area contributed by atoms with E-state index in [9.17, 15) is 35.6 Å². The van der Waals surface area contributed by atoms with Gasteiger partial charge in [0.25, 0.3) is 0 Å². The lowest BCUT2D eigenvalue weighted by Crippen LogP contribution is -2.62. The zero-order valence-corrected chi connectivity index (χ0v) is 20.9. The topological polar surface area (TPSA) is 108 Å². The number of piperazine rings is 1. The Bertz CT molecular complexity index is 1250. The number of ether oxygens (including phenoxy) is 1. The number of hydrogen-bond donors (Lipinski definition) is 2. The number of urea groups is 1. The number of alkyl halides is 3. The Balaban J connectivity index is 1.51. The average molecular weight is 559 g/mol. The highest BCUT2D eigenvalue weighted by Crippen LogP contribution is 2.30. The highest BCUT2D eigenvalue weighted by Gasteiger charge is 2.41. The largest absolute Gasteiger partial charge is 0.416 e. The third kappa shape index (κ3) is 6.42. The lowest BCUT2D eigenvalue weighted by atomic mass is 10.2. The molecule has 0 aliphatic carbocycles. The Labute approximate surface area is 216 Å². The van der Waals surface area contributed by atoms with Crippen molar-refractivity contribution in [3.05, 3.63) is 59.9 Å². The van der Waals surface area contributed by atoms with Gasteiger partial charge in [0.1, 0.15) is 11.9 Å². The van der Waals surface area contributed by atoms with Crippen LogP contribution in [0.1, 0.15) is 18.4 Å². The first-order chi connectivity index (χ1) is 17.9. The SMILES string of the molecule is O=C(NCC1CCCO1)C1CN(C(=O)Nc2ccc(C(F)(F)F)cc2)CCN1S(=O)(=O)c1ccc(F)cc1. The highest BCUT2D eigenvalue weighted by molar-refractivity contribution is 7.89. The molecule has 0 aromatic heterocycles. The molecule has 9 nitrogen and oxygen atoms in total. The number of benzene rings is 2. The summed E-state index contributed by atoms with van der Waals surface area (Å²) < 4.78 is 85.0. The summed E-state index contributed by atoms with van der Waals surface area (Å²) in [4.78, 5) is 27.0. The minimum atomic E-state index is -4.53. The zero-order valence-electron chi connectivity index (χ0n) is 20.1. The van der Waals surface area contributed by atoms with Crippen LogP contribution in [-0.2, 0) is 25.7 Å². The summed E-state index contributed by atoms with van der Waals surface area (Å²) >= 11 is 0. The van der Waals surface area contributed by atoms with Crippen molar-refractivity contribution in [3.63, 3.8) is 0 Å². The molecule has 38 heavy (non-hydrogen) atoms. The van der Waals surface area contributed by atoms with Crippen molar-refractivity contribution in [2.75, 3.05) is 38.1 Å². The van der Waals surface area contributed by atoms with Crippen molar-refractivity contribution in [2.24, 2.45) is 0 Å². The van der Waals surface area contributed by atoms with Crippen molar-refractivity contribution < 1.29 is 40.3 Å². The fraction of sp³-hybridized carbons (Fsp3) is 0.417. The number of halogens is 4. The molecule has 2 atom stereocenters. The van der Waals surface area contributed by atoms with E-state index in [1.165, 1.54) is 4.90 Å².